The average Bonchev–Trinajstić information content (AvgIpc) is 2.21. The fraction of sp³-hybridized carbons (Fsp3) is 0.700. The van der Waals surface area contributed by atoms with Crippen LogP contribution < -0.4 is 5.32 Å². The third kappa shape index (κ3) is 7.61. The van der Waals surface area contributed by atoms with Crippen molar-refractivity contribution in [1.29, 1.82) is 0 Å². The van der Waals surface area contributed by atoms with Gasteiger partial charge in [-0.15, -0.1) is 0 Å². The Bertz CT molecular complexity index is 171. The molecule has 0 fully saturated rings. The molecule has 4 nitrogen and oxygen atoms in total. The van der Waals surface area contributed by atoms with Crippen LogP contribution in [0.3, 0.4) is 0 Å². The van der Waals surface area contributed by atoms with Crippen LogP contribution in [0.15, 0.2) is 12.7 Å². The zero-order valence-electron chi connectivity index (χ0n) is 8.91. The topological polar surface area (TPSA) is 47.6 Å². The van der Waals surface area contributed by atoms with Crippen LogP contribution in [-0.4, -0.2) is 32.0 Å². The number of rotatable bonds is 7. The van der Waals surface area contributed by atoms with E-state index in [0.717, 1.165) is 6.42 Å². The van der Waals surface area contributed by atoms with E-state index in [1.165, 1.54) is 6.08 Å². The molecular weight excluding hydrogens is 182 g/mol. The summed E-state index contributed by atoms with van der Waals surface area (Å²) in [6, 6.07) is 0. The molecule has 0 spiro atoms. The number of alkyl carbamates (subject to hydrolysis) is 1. The number of carbonyl (C=O) groups excluding carboxylic acids is 1. The Labute approximate surface area is 85.3 Å². The van der Waals surface area contributed by atoms with Crippen LogP contribution in [0.25, 0.3) is 0 Å². The highest BCUT2D eigenvalue weighted by Gasteiger charge is 2.00. The van der Waals surface area contributed by atoms with Crippen molar-refractivity contribution in [3.05, 3.63) is 12.7 Å². The van der Waals surface area contributed by atoms with Crippen LogP contribution in [0.1, 0.15) is 20.3 Å². The lowest BCUT2D eigenvalue weighted by Crippen LogP contribution is -2.28. The summed E-state index contributed by atoms with van der Waals surface area (Å²) in [6.45, 7) is 8.70. The molecule has 1 N–H and O–H groups in total. The Morgan fingerprint density at radius 3 is 2.93 bits per heavy atom. The normalized spacial score (nSPS) is 11.9. The maximum absolute atomic E-state index is 10.9. The Kier molecular flexibility index (Phi) is 7.93. The largest absolute Gasteiger partial charge is 0.445 e. The number of hydrogen-bond acceptors (Lipinski definition) is 3. The van der Waals surface area contributed by atoms with Gasteiger partial charge in [0.1, 0.15) is 6.61 Å². The molecule has 14 heavy (non-hydrogen) atoms. The molecule has 0 heterocycles. The molecule has 0 aromatic rings. The molecular formula is C10H19NO3. The average molecular weight is 201 g/mol. The van der Waals surface area contributed by atoms with Gasteiger partial charge in [-0.25, -0.2) is 4.79 Å². The summed E-state index contributed by atoms with van der Waals surface area (Å²) in [5, 5.41) is 2.56. The third-order valence-electron chi connectivity index (χ3n) is 1.68. The first kappa shape index (κ1) is 13.0. The summed E-state index contributed by atoms with van der Waals surface area (Å²) < 4.78 is 10.1. The Balaban J connectivity index is 3.26. The van der Waals surface area contributed by atoms with Crippen molar-refractivity contribution in [1.82, 2.24) is 5.32 Å². The molecule has 4 heteroatoms. The molecule has 1 amide bonds. The molecule has 0 aromatic heterocycles. The van der Waals surface area contributed by atoms with Gasteiger partial charge in [-0.05, 0) is 13.3 Å². The molecule has 0 radical (unpaired) electrons. The van der Waals surface area contributed by atoms with Crippen LogP contribution in [-0.2, 0) is 9.47 Å². The molecule has 82 valence electrons. The Morgan fingerprint density at radius 2 is 2.36 bits per heavy atom. The van der Waals surface area contributed by atoms with Crippen molar-refractivity contribution < 1.29 is 14.3 Å². The fourth-order valence-electron chi connectivity index (χ4n) is 0.717. The highest BCUT2D eigenvalue weighted by molar-refractivity contribution is 5.67. The minimum Gasteiger partial charge on any atom is -0.445 e. The van der Waals surface area contributed by atoms with Crippen molar-refractivity contribution in [2.75, 3.05) is 19.8 Å². The van der Waals surface area contributed by atoms with E-state index in [1.807, 2.05) is 6.92 Å². The molecule has 0 bridgehead atoms. The van der Waals surface area contributed by atoms with Crippen molar-refractivity contribution in [2.45, 2.75) is 26.4 Å². The van der Waals surface area contributed by atoms with Crippen molar-refractivity contribution in [3.8, 4) is 0 Å². The Morgan fingerprint density at radius 1 is 1.64 bits per heavy atom. The van der Waals surface area contributed by atoms with Gasteiger partial charge in [0, 0.05) is 6.54 Å². The summed E-state index contributed by atoms with van der Waals surface area (Å²) in [7, 11) is 0. The molecule has 1 atom stereocenters. The number of hydrogen-bond donors (Lipinski definition) is 1. The van der Waals surface area contributed by atoms with Crippen LogP contribution in [0.2, 0.25) is 0 Å². The predicted molar refractivity (Wildman–Crippen MR) is 55.3 cm³/mol. The molecule has 0 saturated carbocycles. The summed E-state index contributed by atoms with van der Waals surface area (Å²) >= 11 is 0. The predicted octanol–water partition coefficient (Wildman–Crippen LogP) is 1.71. The van der Waals surface area contributed by atoms with Gasteiger partial charge < -0.3 is 14.8 Å². The molecule has 0 aromatic carbocycles. The van der Waals surface area contributed by atoms with Crippen LogP contribution in [0.4, 0.5) is 4.79 Å². The monoisotopic (exact) mass is 201 g/mol. The SMILES string of the molecule is C=CCOC(=O)NCCOC(C)CC. The van der Waals surface area contributed by atoms with Gasteiger partial charge in [-0.3, -0.25) is 0 Å². The van der Waals surface area contributed by atoms with Gasteiger partial charge in [0.2, 0.25) is 0 Å². The lowest BCUT2D eigenvalue weighted by Gasteiger charge is -2.10. The summed E-state index contributed by atoms with van der Waals surface area (Å²) in [5.74, 6) is 0. The van der Waals surface area contributed by atoms with Crippen LogP contribution >= 0.6 is 0 Å². The van der Waals surface area contributed by atoms with Gasteiger partial charge in [0.25, 0.3) is 0 Å². The van der Waals surface area contributed by atoms with E-state index in [2.05, 4.69) is 18.8 Å². The zero-order valence-corrected chi connectivity index (χ0v) is 8.91. The van der Waals surface area contributed by atoms with E-state index in [1.54, 1.807) is 0 Å². The minimum atomic E-state index is -0.433. The number of nitrogens with one attached hydrogen (secondary N) is 1. The van der Waals surface area contributed by atoms with E-state index in [0.29, 0.717) is 13.2 Å². The van der Waals surface area contributed by atoms with Crippen molar-refractivity contribution in [3.63, 3.8) is 0 Å². The smallest absolute Gasteiger partial charge is 0.407 e. The molecule has 0 aliphatic rings. The first-order chi connectivity index (χ1) is 6.70. The molecule has 0 rings (SSSR count). The van der Waals surface area contributed by atoms with E-state index in [9.17, 15) is 4.79 Å². The van der Waals surface area contributed by atoms with Crippen molar-refractivity contribution >= 4 is 6.09 Å². The lowest BCUT2D eigenvalue weighted by atomic mass is 10.3. The van der Waals surface area contributed by atoms with Crippen molar-refractivity contribution in [2.24, 2.45) is 0 Å². The summed E-state index contributed by atoms with van der Waals surface area (Å²) in [5.41, 5.74) is 0. The van der Waals surface area contributed by atoms with Crippen LogP contribution in [0.5, 0.6) is 0 Å². The first-order valence-corrected chi connectivity index (χ1v) is 4.83. The maximum Gasteiger partial charge on any atom is 0.407 e. The molecule has 0 aliphatic carbocycles. The zero-order chi connectivity index (χ0) is 10.8. The second kappa shape index (κ2) is 8.56. The summed E-state index contributed by atoms with van der Waals surface area (Å²) in [4.78, 5) is 10.9. The van der Waals surface area contributed by atoms with E-state index in [4.69, 9.17) is 9.47 Å². The van der Waals surface area contributed by atoms with Crippen LogP contribution in [0, 0.1) is 0 Å². The maximum atomic E-state index is 10.9. The standard InChI is InChI=1S/C10H19NO3/c1-4-7-14-10(12)11-6-8-13-9(3)5-2/h4,9H,1,5-8H2,2-3H3,(H,11,12). The quantitative estimate of drug-likeness (QED) is 0.504. The second-order valence-corrected chi connectivity index (χ2v) is 2.90. The van der Waals surface area contributed by atoms with Gasteiger partial charge in [0.05, 0.1) is 12.7 Å². The lowest BCUT2D eigenvalue weighted by molar-refractivity contribution is 0.0643. The Hall–Kier alpha value is -1.03. The fourth-order valence-corrected chi connectivity index (χ4v) is 0.717. The first-order valence-electron chi connectivity index (χ1n) is 4.83. The van der Waals surface area contributed by atoms with Gasteiger partial charge in [-0.2, -0.15) is 0 Å². The highest BCUT2D eigenvalue weighted by Crippen LogP contribution is 1.93. The number of amides is 1. The second-order valence-electron chi connectivity index (χ2n) is 2.90. The van der Waals surface area contributed by atoms with E-state index < -0.39 is 6.09 Å². The molecule has 1 unspecified atom stereocenters. The summed E-state index contributed by atoms with van der Waals surface area (Å²) in [6.07, 6.45) is 2.30. The molecule has 0 saturated heterocycles. The third-order valence-corrected chi connectivity index (χ3v) is 1.68. The van der Waals surface area contributed by atoms with Gasteiger partial charge in [0.15, 0.2) is 0 Å². The number of carbonyl (C=O) groups is 1. The van der Waals surface area contributed by atoms with E-state index in [-0.39, 0.29) is 12.7 Å². The minimum absolute atomic E-state index is 0.234. The van der Waals surface area contributed by atoms with E-state index >= 15 is 0 Å². The highest BCUT2D eigenvalue weighted by atomic mass is 16.5. The molecule has 0 aliphatic heterocycles. The number of ether oxygens (including phenoxy) is 2. The van der Waals surface area contributed by atoms with Gasteiger partial charge >= 0.3 is 6.09 Å². The van der Waals surface area contributed by atoms with Gasteiger partial charge in [-0.1, -0.05) is 19.6 Å².